The van der Waals surface area contributed by atoms with Crippen LogP contribution in [0.3, 0.4) is 0 Å². The van der Waals surface area contributed by atoms with E-state index in [1.54, 1.807) is 0 Å². The number of rotatable bonds is 5. The molecule has 0 bridgehead atoms. The first kappa shape index (κ1) is 13.4. The van der Waals surface area contributed by atoms with Crippen molar-refractivity contribution in [2.45, 2.75) is 62.5 Å². The van der Waals surface area contributed by atoms with Crippen LogP contribution in [-0.4, -0.2) is 43.9 Å². The lowest BCUT2D eigenvalue weighted by Crippen LogP contribution is -2.48. The Kier molecular flexibility index (Phi) is 4.50. The van der Waals surface area contributed by atoms with E-state index in [1.807, 2.05) is 0 Å². The number of hydrogen-bond donors (Lipinski definition) is 2. The largest absolute Gasteiger partial charge is 0.390 e. The third-order valence-corrected chi connectivity index (χ3v) is 4.23. The first-order valence-electron chi connectivity index (χ1n) is 6.95. The lowest BCUT2D eigenvalue weighted by atomic mass is 9.79. The zero-order chi connectivity index (χ0) is 12.2. The van der Waals surface area contributed by atoms with Crippen LogP contribution in [-0.2, 0) is 4.74 Å². The monoisotopic (exact) mass is 237 g/mol. The van der Waals surface area contributed by atoms with Gasteiger partial charge in [0.25, 0.3) is 0 Å². The molecule has 1 spiro atoms. The topological polar surface area (TPSA) is 41.5 Å². The molecule has 2 radical (unpaired) electrons. The number of nitrogens with one attached hydrogen (secondary N) is 1. The second-order valence-corrected chi connectivity index (χ2v) is 5.68. The summed E-state index contributed by atoms with van der Waals surface area (Å²) in [4.78, 5) is 0. The molecule has 1 atom stereocenters. The third kappa shape index (κ3) is 3.46. The maximum absolute atomic E-state index is 10.6. The Bertz CT molecular complexity index is 244. The van der Waals surface area contributed by atoms with Crippen LogP contribution in [0.5, 0.6) is 0 Å². The van der Waals surface area contributed by atoms with E-state index in [-0.39, 0.29) is 5.60 Å². The van der Waals surface area contributed by atoms with Crippen LogP contribution in [0.4, 0.5) is 0 Å². The molecule has 1 heterocycles. The fraction of sp³-hybridized carbons (Fsp3) is 1.00. The van der Waals surface area contributed by atoms with Crippen molar-refractivity contribution in [3.05, 3.63) is 0 Å². The molecule has 0 unspecified atom stereocenters. The Morgan fingerprint density at radius 2 is 1.94 bits per heavy atom. The Morgan fingerprint density at radius 3 is 2.65 bits per heavy atom. The van der Waals surface area contributed by atoms with Gasteiger partial charge in [-0.15, -0.1) is 0 Å². The Morgan fingerprint density at radius 1 is 1.18 bits per heavy atom. The number of ether oxygens (including phenoxy) is 1. The Hall–Kier alpha value is -0.0551. The molecule has 0 aromatic carbocycles. The SMILES string of the molecule is [B]CCNCC[C@]1(O)CCOC2(CCCC2)C1. The molecule has 0 amide bonds. The van der Waals surface area contributed by atoms with Crippen molar-refractivity contribution in [1.82, 2.24) is 5.32 Å². The summed E-state index contributed by atoms with van der Waals surface area (Å²) >= 11 is 0. The zero-order valence-corrected chi connectivity index (χ0v) is 10.7. The average Bonchev–Trinajstić information content (AvgIpc) is 2.72. The summed E-state index contributed by atoms with van der Waals surface area (Å²) in [6.45, 7) is 2.40. The van der Waals surface area contributed by atoms with E-state index in [0.717, 1.165) is 45.2 Å². The van der Waals surface area contributed by atoms with Gasteiger partial charge in [0.15, 0.2) is 0 Å². The van der Waals surface area contributed by atoms with Crippen molar-refractivity contribution in [2.24, 2.45) is 0 Å². The van der Waals surface area contributed by atoms with Crippen molar-refractivity contribution in [1.29, 1.82) is 0 Å². The van der Waals surface area contributed by atoms with Gasteiger partial charge >= 0.3 is 0 Å². The van der Waals surface area contributed by atoms with E-state index in [1.165, 1.54) is 12.8 Å². The van der Waals surface area contributed by atoms with E-state index in [0.29, 0.717) is 12.9 Å². The van der Waals surface area contributed by atoms with E-state index in [2.05, 4.69) is 5.32 Å². The Balaban J connectivity index is 1.82. The second kappa shape index (κ2) is 5.72. The second-order valence-electron chi connectivity index (χ2n) is 5.68. The summed E-state index contributed by atoms with van der Waals surface area (Å²) < 4.78 is 5.95. The fourth-order valence-corrected chi connectivity index (χ4v) is 3.30. The molecule has 1 saturated heterocycles. The average molecular weight is 237 g/mol. The quantitative estimate of drug-likeness (QED) is 0.561. The van der Waals surface area contributed by atoms with Gasteiger partial charge in [0.05, 0.1) is 25.7 Å². The Labute approximate surface area is 106 Å². The fourth-order valence-electron chi connectivity index (χ4n) is 3.30. The van der Waals surface area contributed by atoms with Crippen LogP contribution in [0.25, 0.3) is 0 Å². The summed E-state index contributed by atoms with van der Waals surface area (Å²) in [6, 6.07) is 0. The smallest absolute Gasteiger partial charge is 0.0710 e. The van der Waals surface area contributed by atoms with E-state index in [4.69, 9.17) is 12.6 Å². The predicted octanol–water partition coefficient (Wildman–Crippen LogP) is 1.41. The summed E-state index contributed by atoms with van der Waals surface area (Å²) in [5.41, 5.74) is -0.523. The molecule has 4 heteroatoms. The van der Waals surface area contributed by atoms with Crippen LogP contribution in [0.15, 0.2) is 0 Å². The molecular weight excluding hydrogens is 213 g/mol. The lowest BCUT2D eigenvalue weighted by molar-refractivity contribution is -0.159. The summed E-state index contributed by atoms with van der Waals surface area (Å²) in [7, 11) is 5.43. The van der Waals surface area contributed by atoms with Crippen molar-refractivity contribution < 1.29 is 9.84 Å². The molecular formula is C13H24BNO2. The highest BCUT2D eigenvalue weighted by Gasteiger charge is 2.45. The summed E-state index contributed by atoms with van der Waals surface area (Å²) in [5, 5.41) is 13.9. The van der Waals surface area contributed by atoms with Gasteiger partial charge in [0.2, 0.25) is 0 Å². The van der Waals surface area contributed by atoms with Gasteiger partial charge in [0, 0.05) is 6.42 Å². The summed E-state index contributed by atoms with van der Waals surface area (Å²) in [5.74, 6) is 0. The number of hydrogen-bond acceptors (Lipinski definition) is 3. The molecule has 3 nitrogen and oxygen atoms in total. The van der Waals surface area contributed by atoms with Gasteiger partial charge in [-0.05, 0) is 38.8 Å². The minimum absolute atomic E-state index is 0.000861. The molecule has 2 rings (SSSR count). The molecule has 2 fully saturated rings. The van der Waals surface area contributed by atoms with Gasteiger partial charge in [-0.2, -0.15) is 0 Å². The van der Waals surface area contributed by atoms with Gasteiger partial charge in [-0.25, -0.2) is 0 Å². The highest BCUT2D eigenvalue weighted by Crippen LogP contribution is 2.44. The van der Waals surface area contributed by atoms with Gasteiger partial charge in [-0.1, -0.05) is 19.2 Å². The van der Waals surface area contributed by atoms with Crippen molar-refractivity contribution in [2.75, 3.05) is 19.7 Å². The van der Waals surface area contributed by atoms with Crippen LogP contribution in [0.1, 0.15) is 44.9 Å². The number of aliphatic hydroxyl groups is 1. The van der Waals surface area contributed by atoms with Crippen LogP contribution in [0, 0.1) is 0 Å². The molecule has 0 aromatic heterocycles. The predicted molar refractivity (Wildman–Crippen MR) is 69.4 cm³/mol. The van der Waals surface area contributed by atoms with Crippen LogP contribution < -0.4 is 5.32 Å². The normalized spacial score (nSPS) is 32.1. The van der Waals surface area contributed by atoms with E-state index in [9.17, 15) is 5.11 Å². The van der Waals surface area contributed by atoms with Gasteiger partial charge in [-0.3, -0.25) is 0 Å². The molecule has 0 aromatic rings. The standard InChI is InChI=1S/C13H24BNO2/c14-7-9-15-8-5-12(16)6-10-17-13(11-12)3-1-2-4-13/h15-16H,1-11H2/t12-/m0/s1. The maximum Gasteiger partial charge on any atom is 0.0710 e. The molecule has 1 saturated carbocycles. The molecule has 1 aliphatic heterocycles. The molecule has 1 aliphatic carbocycles. The van der Waals surface area contributed by atoms with E-state index < -0.39 is 5.60 Å². The first-order chi connectivity index (χ1) is 8.18. The van der Waals surface area contributed by atoms with Crippen LogP contribution >= 0.6 is 0 Å². The molecule has 2 N–H and O–H groups in total. The third-order valence-electron chi connectivity index (χ3n) is 4.23. The lowest BCUT2D eigenvalue weighted by Gasteiger charge is -2.43. The minimum atomic E-state index is -0.524. The van der Waals surface area contributed by atoms with Crippen molar-refractivity contribution in [3.8, 4) is 0 Å². The molecule has 2 aliphatic rings. The highest BCUT2D eigenvalue weighted by atomic mass is 16.5. The minimum Gasteiger partial charge on any atom is -0.390 e. The van der Waals surface area contributed by atoms with E-state index >= 15 is 0 Å². The maximum atomic E-state index is 10.6. The van der Waals surface area contributed by atoms with Gasteiger partial charge < -0.3 is 15.2 Å². The van der Waals surface area contributed by atoms with Crippen LogP contribution in [0.2, 0.25) is 6.32 Å². The van der Waals surface area contributed by atoms with Crippen molar-refractivity contribution >= 4 is 7.85 Å². The molecule has 17 heavy (non-hydrogen) atoms. The first-order valence-corrected chi connectivity index (χ1v) is 6.95. The zero-order valence-electron chi connectivity index (χ0n) is 10.7. The highest BCUT2D eigenvalue weighted by molar-refractivity contribution is 6.08. The molecule has 96 valence electrons. The van der Waals surface area contributed by atoms with Gasteiger partial charge in [0.1, 0.15) is 0 Å². The van der Waals surface area contributed by atoms with Crippen molar-refractivity contribution in [3.63, 3.8) is 0 Å². The summed E-state index contributed by atoms with van der Waals surface area (Å²) in [6.07, 6.45) is 7.84.